The van der Waals surface area contributed by atoms with E-state index in [-0.39, 0.29) is 24.3 Å². The zero-order valence-electron chi connectivity index (χ0n) is 19.9. The van der Waals surface area contributed by atoms with Crippen molar-refractivity contribution in [3.05, 3.63) is 94.6 Å². The van der Waals surface area contributed by atoms with Crippen LogP contribution in [0.2, 0.25) is 0 Å². The second-order valence-electron chi connectivity index (χ2n) is 9.20. The Morgan fingerprint density at radius 2 is 1.81 bits per heavy atom. The highest BCUT2D eigenvalue weighted by Crippen LogP contribution is 2.31. The number of hydrogen-bond donors (Lipinski definition) is 1. The molecule has 0 spiro atoms. The van der Waals surface area contributed by atoms with Crippen molar-refractivity contribution < 1.29 is 14.0 Å². The number of carbonyl (C=O) groups is 2. The number of aromatic nitrogens is 1. The summed E-state index contributed by atoms with van der Waals surface area (Å²) >= 11 is 1.50. The van der Waals surface area contributed by atoms with E-state index in [9.17, 15) is 14.0 Å². The maximum Gasteiger partial charge on any atom is 0.248 e. The van der Waals surface area contributed by atoms with Gasteiger partial charge in [-0.25, -0.2) is 4.39 Å². The van der Waals surface area contributed by atoms with Crippen LogP contribution in [0.5, 0.6) is 0 Å². The lowest BCUT2D eigenvalue weighted by Crippen LogP contribution is -2.47. The number of pyridine rings is 1. The molecule has 1 aliphatic rings. The minimum absolute atomic E-state index is 0.0678. The summed E-state index contributed by atoms with van der Waals surface area (Å²) in [5.74, 6) is -0.877. The standard InChI is InChI=1S/C29H28FN3O2S/c30-22-14-12-20(13-15-22)28(29(35)32-23-8-2-1-3-9-23)33(27(34)18-25-10-6-16-36-25)24-17-21-7-4-5-11-26(21)31-19-24/h4-7,10-17,19,23,28H,1-3,8-9,18H2,(H,32,35)/t28-/m1/s1. The largest absolute Gasteiger partial charge is 0.351 e. The smallest absolute Gasteiger partial charge is 0.248 e. The normalized spacial score (nSPS) is 14.9. The van der Waals surface area contributed by atoms with Crippen LogP contribution in [-0.2, 0) is 16.0 Å². The quantitative estimate of drug-likeness (QED) is 0.328. The maximum absolute atomic E-state index is 13.9. The summed E-state index contributed by atoms with van der Waals surface area (Å²) in [5.41, 5.74) is 1.89. The van der Waals surface area contributed by atoms with Crippen LogP contribution < -0.4 is 10.2 Å². The lowest BCUT2D eigenvalue weighted by molar-refractivity contribution is -0.127. The lowest BCUT2D eigenvalue weighted by Gasteiger charge is -2.33. The van der Waals surface area contributed by atoms with Gasteiger partial charge in [0.15, 0.2) is 0 Å². The molecule has 2 heterocycles. The number of amides is 2. The van der Waals surface area contributed by atoms with Crippen molar-refractivity contribution in [3.8, 4) is 0 Å². The molecule has 5 rings (SSSR count). The molecule has 0 bridgehead atoms. The Kier molecular flexibility index (Phi) is 7.37. The Labute approximate surface area is 214 Å². The number of nitrogens with one attached hydrogen (secondary N) is 1. The Balaban J connectivity index is 1.58. The molecule has 36 heavy (non-hydrogen) atoms. The number of fused-ring (bicyclic) bond motifs is 1. The zero-order chi connectivity index (χ0) is 24.9. The van der Waals surface area contributed by atoms with E-state index in [1.807, 2.05) is 47.8 Å². The molecule has 1 aliphatic carbocycles. The second-order valence-corrected chi connectivity index (χ2v) is 10.2. The summed E-state index contributed by atoms with van der Waals surface area (Å²) in [7, 11) is 0. The van der Waals surface area contributed by atoms with Crippen molar-refractivity contribution in [2.45, 2.75) is 50.6 Å². The van der Waals surface area contributed by atoms with Crippen molar-refractivity contribution in [2.24, 2.45) is 0 Å². The highest BCUT2D eigenvalue weighted by Gasteiger charge is 2.34. The van der Waals surface area contributed by atoms with Crippen LogP contribution in [0, 0.1) is 5.82 Å². The summed E-state index contributed by atoms with van der Waals surface area (Å²) in [4.78, 5) is 34.7. The summed E-state index contributed by atoms with van der Waals surface area (Å²) in [6.07, 6.45) is 6.94. The number of para-hydroxylation sites is 1. The second kappa shape index (κ2) is 11.0. The number of benzene rings is 2. The van der Waals surface area contributed by atoms with E-state index in [1.54, 1.807) is 18.3 Å². The van der Waals surface area contributed by atoms with E-state index in [2.05, 4.69) is 10.3 Å². The van der Waals surface area contributed by atoms with E-state index in [4.69, 9.17) is 0 Å². The van der Waals surface area contributed by atoms with Crippen LogP contribution in [0.1, 0.15) is 48.6 Å². The van der Waals surface area contributed by atoms with Crippen LogP contribution in [0.15, 0.2) is 78.3 Å². The third kappa shape index (κ3) is 5.46. The predicted molar refractivity (Wildman–Crippen MR) is 141 cm³/mol. The molecule has 2 aromatic carbocycles. The first-order chi connectivity index (χ1) is 17.6. The minimum atomic E-state index is -0.956. The van der Waals surface area contributed by atoms with Crippen molar-refractivity contribution in [1.82, 2.24) is 10.3 Å². The van der Waals surface area contributed by atoms with Gasteiger partial charge >= 0.3 is 0 Å². The van der Waals surface area contributed by atoms with E-state index in [1.165, 1.54) is 34.8 Å². The minimum Gasteiger partial charge on any atom is -0.351 e. The lowest BCUT2D eigenvalue weighted by atomic mass is 9.94. The first kappa shape index (κ1) is 24.1. The van der Waals surface area contributed by atoms with Crippen LogP contribution in [0.4, 0.5) is 10.1 Å². The van der Waals surface area contributed by atoms with Gasteiger partial charge in [0.1, 0.15) is 11.9 Å². The van der Waals surface area contributed by atoms with Crippen molar-refractivity contribution in [1.29, 1.82) is 0 Å². The van der Waals surface area contributed by atoms with Gasteiger partial charge in [-0.3, -0.25) is 19.5 Å². The molecule has 5 nitrogen and oxygen atoms in total. The van der Waals surface area contributed by atoms with E-state index < -0.39 is 11.9 Å². The van der Waals surface area contributed by atoms with Crippen LogP contribution >= 0.6 is 11.3 Å². The average Bonchev–Trinajstić information content (AvgIpc) is 3.41. The van der Waals surface area contributed by atoms with E-state index in [0.717, 1.165) is 41.5 Å². The van der Waals surface area contributed by atoms with Gasteiger partial charge in [-0.2, -0.15) is 0 Å². The number of hydrogen-bond acceptors (Lipinski definition) is 4. The molecule has 1 saturated carbocycles. The first-order valence-electron chi connectivity index (χ1n) is 12.3. The number of carbonyl (C=O) groups excluding carboxylic acids is 2. The van der Waals surface area contributed by atoms with E-state index in [0.29, 0.717) is 11.3 Å². The summed E-state index contributed by atoms with van der Waals surface area (Å²) < 4.78 is 13.8. The summed E-state index contributed by atoms with van der Waals surface area (Å²) in [6.45, 7) is 0. The highest BCUT2D eigenvalue weighted by molar-refractivity contribution is 7.10. The molecule has 2 aromatic heterocycles. The molecule has 0 unspecified atom stereocenters. The number of thiophene rings is 1. The topological polar surface area (TPSA) is 62.3 Å². The monoisotopic (exact) mass is 501 g/mol. The number of halogens is 1. The Morgan fingerprint density at radius 1 is 1.03 bits per heavy atom. The van der Waals surface area contributed by atoms with Gasteiger partial charge in [0.05, 0.1) is 23.8 Å². The van der Waals surface area contributed by atoms with Gasteiger partial charge in [-0.05, 0) is 54.1 Å². The molecule has 4 aromatic rings. The summed E-state index contributed by atoms with van der Waals surface area (Å²) in [6, 6.07) is 18.3. The Hall–Kier alpha value is -3.58. The Morgan fingerprint density at radius 3 is 2.56 bits per heavy atom. The fourth-order valence-electron chi connectivity index (χ4n) is 4.87. The molecule has 184 valence electrons. The molecule has 7 heteroatoms. The third-order valence-electron chi connectivity index (χ3n) is 6.67. The Bertz CT molecular complexity index is 1330. The maximum atomic E-state index is 13.9. The van der Waals surface area contributed by atoms with Gasteiger partial charge in [-0.1, -0.05) is 55.7 Å². The van der Waals surface area contributed by atoms with Gasteiger partial charge < -0.3 is 5.32 Å². The van der Waals surface area contributed by atoms with Crippen LogP contribution in [0.25, 0.3) is 10.9 Å². The molecule has 1 atom stereocenters. The molecular formula is C29H28FN3O2S. The third-order valence-corrected chi connectivity index (χ3v) is 7.55. The van der Waals surface area contributed by atoms with Gasteiger partial charge in [0.25, 0.3) is 0 Å². The van der Waals surface area contributed by atoms with Gasteiger partial charge in [-0.15, -0.1) is 11.3 Å². The first-order valence-corrected chi connectivity index (χ1v) is 13.2. The fraction of sp³-hybridized carbons (Fsp3) is 0.276. The molecule has 2 amide bonds. The SMILES string of the molecule is O=C(NC1CCCCC1)[C@@H](c1ccc(F)cc1)N(C(=O)Cc1cccs1)c1cnc2ccccc2c1. The molecule has 0 saturated heterocycles. The highest BCUT2D eigenvalue weighted by atomic mass is 32.1. The van der Waals surface area contributed by atoms with Crippen molar-refractivity contribution in [2.75, 3.05) is 4.90 Å². The number of anilines is 1. The van der Waals surface area contributed by atoms with Crippen molar-refractivity contribution >= 4 is 39.7 Å². The fourth-order valence-corrected chi connectivity index (χ4v) is 5.56. The number of nitrogens with zero attached hydrogens (tertiary/aromatic N) is 2. The number of rotatable bonds is 7. The summed E-state index contributed by atoms with van der Waals surface area (Å²) in [5, 5.41) is 5.99. The predicted octanol–water partition coefficient (Wildman–Crippen LogP) is 6.20. The molecule has 0 radical (unpaired) electrons. The van der Waals surface area contributed by atoms with Crippen molar-refractivity contribution in [3.63, 3.8) is 0 Å². The molecular weight excluding hydrogens is 473 g/mol. The van der Waals surface area contributed by atoms with E-state index >= 15 is 0 Å². The zero-order valence-corrected chi connectivity index (χ0v) is 20.7. The van der Waals surface area contributed by atoms with Crippen LogP contribution in [0.3, 0.4) is 0 Å². The molecule has 1 fully saturated rings. The molecule has 0 aliphatic heterocycles. The van der Waals surface area contributed by atoms with Crippen LogP contribution in [-0.4, -0.2) is 22.8 Å². The molecule has 1 N–H and O–H groups in total. The van der Waals surface area contributed by atoms with Gasteiger partial charge in [0.2, 0.25) is 11.8 Å². The average molecular weight is 502 g/mol. The van der Waals surface area contributed by atoms with Gasteiger partial charge in [0, 0.05) is 16.3 Å².